The van der Waals surface area contributed by atoms with Gasteiger partial charge in [-0.1, -0.05) is 6.07 Å². The fourth-order valence-corrected chi connectivity index (χ4v) is 3.96. The van der Waals surface area contributed by atoms with Crippen molar-refractivity contribution < 1.29 is 14.3 Å². The van der Waals surface area contributed by atoms with Crippen LogP contribution >= 0.6 is 0 Å². The van der Waals surface area contributed by atoms with E-state index < -0.39 is 0 Å². The molecular formula is C19H28N2O3. The minimum atomic E-state index is -0.0470. The number of amides is 1. The average Bonchev–Trinajstić information content (AvgIpc) is 2.98. The smallest absolute Gasteiger partial charge is 0.272 e. The Bertz CT molecular complexity index is 550. The lowest BCUT2D eigenvalue weighted by Gasteiger charge is -2.42. The molecule has 1 spiro atoms. The molecule has 0 saturated carbocycles. The summed E-state index contributed by atoms with van der Waals surface area (Å²) in [6, 6.07) is 3.76. The summed E-state index contributed by atoms with van der Waals surface area (Å²) >= 11 is 0. The summed E-state index contributed by atoms with van der Waals surface area (Å²) in [7, 11) is 0. The molecule has 2 fully saturated rings. The van der Waals surface area contributed by atoms with Crippen LogP contribution in [0, 0.1) is 12.8 Å². The molecule has 1 aromatic rings. The Kier molecular flexibility index (Phi) is 5.51. The first-order chi connectivity index (χ1) is 11.6. The molecule has 2 aliphatic rings. The molecule has 5 nitrogen and oxygen atoms in total. The summed E-state index contributed by atoms with van der Waals surface area (Å²) in [6.07, 6.45) is 5.76. The molecule has 1 aromatic heterocycles. The average molecular weight is 332 g/mol. The number of aryl methyl sites for hydroxylation is 1. The zero-order valence-electron chi connectivity index (χ0n) is 14.8. The topological polar surface area (TPSA) is 51.7 Å². The van der Waals surface area contributed by atoms with E-state index in [0.717, 1.165) is 64.2 Å². The van der Waals surface area contributed by atoms with Gasteiger partial charge in [0, 0.05) is 39.1 Å². The van der Waals surface area contributed by atoms with Crippen molar-refractivity contribution in [1.29, 1.82) is 0 Å². The zero-order chi connectivity index (χ0) is 17.0. The lowest BCUT2D eigenvalue weighted by atomic mass is 9.78. The van der Waals surface area contributed by atoms with Gasteiger partial charge in [0.15, 0.2) is 0 Å². The lowest BCUT2D eigenvalue weighted by Crippen LogP contribution is -2.49. The second-order valence-corrected chi connectivity index (χ2v) is 6.90. The second-order valence-electron chi connectivity index (χ2n) is 6.90. The number of ether oxygens (including phenoxy) is 2. The predicted octanol–water partition coefficient (Wildman–Crippen LogP) is 2.83. The number of rotatable bonds is 5. The minimum absolute atomic E-state index is 0.0358. The van der Waals surface area contributed by atoms with Crippen molar-refractivity contribution in [3.05, 3.63) is 29.6 Å². The Morgan fingerprint density at radius 2 is 2.21 bits per heavy atom. The van der Waals surface area contributed by atoms with Gasteiger partial charge in [-0.25, -0.2) is 0 Å². The number of hydrogen-bond acceptors (Lipinski definition) is 4. The van der Waals surface area contributed by atoms with Crippen molar-refractivity contribution in [2.75, 3.05) is 32.9 Å². The van der Waals surface area contributed by atoms with E-state index in [1.54, 1.807) is 6.20 Å². The van der Waals surface area contributed by atoms with Crippen molar-refractivity contribution in [2.45, 2.75) is 45.1 Å². The second kappa shape index (κ2) is 7.62. The van der Waals surface area contributed by atoms with E-state index in [0.29, 0.717) is 11.6 Å². The van der Waals surface area contributed by atoms with Gasteiger partial charge in [-0.05, 0) is 57.1 Å². The van der Waals surface area contributed by atoms with Crippen molar-refractivity contribution in [1.82, 2.24) is 9.88 Å². The molecule has 3 rings (SSSR count). The predicted molar refractivity (Wildman–Crippen MR) is 92.0 cm³/mol. The van der Waals surface area contributed by atoms with E-state index in [4.69, 9.17) is 9.47 Å². The van der Waals surface area contributed by atoms with Gasteiger partial charge in [-0.2, -0.15) is 0 Å². The highest BCUT2D eigenvalue weighted by Crippen LogP contribution is 2.42. The molecular weight excluding hydrogens is 304 g/mol. The van der Waals surface area contributed by atoms with E-state index in [2.05, 4.69) is 4.98 Å². The summed E-state index contributed by atoms with van der Waals surface area (Å²) in [6.45, 7) is 7.92. The molecule has 1 amide bonds. The van der Waals surface area contributed by atoms with E-state index in [1.807, 2.05) is 30.9 Å². The number of aromatic nitrogens is 1. The fraction of sp³-hybridized carbons (Fsp3) is 0.684. The van der Waals surface area contributed by atoms with Crippen LogP contribution in [0.15, 0.2) is 18.3 Å². The van der Waals surface area contributed by atoms with Crippen LogP contribution in [-0.2, 0) is 9.47 Å². The third kappa shape index (κ3) is 3.62. The molecule has 24 heavy (non-hydrogen) atoms. The minimum Gasteiger partial charge on any atom is -0.382 e. The van der Waals surface area contributed by atoms with Crippen molar-refractivity contribution in [2.24, 2.45) is 5.92 Å². The number of likely N-dealkylation sites (tertiary alicyclic amines) is 1. The fourth-order valence-electron chi connectivity index (χ4n) is 3.96. The number of nitrogens with zero attached hydrogens (tertiary/aromatic N) is 2. The summed E-state index contributed by atoms with van der Waals surface area (Å²) in [5.41, 5.74) is 1.56. The molecule has 0 aromatic carbocycles. The van der Waals surface area contributed by atoms with Gasteiger partial charge in [0.1, 0.15) is 5.69 Å². The van der Waals surface area contributed by atoms with Gasteiger partial charge in [0.05, 0.1) is 5.60 Å². The van der Waals surface area contributed by atoms with Crippen LogP contribution in [0.4, 0.5) is 0 Å². The Hall–Kier alpha value is -1.46. The summed E-state index contributed by atoms with van der Waals surface area (Å²) in [4.78, 5) is 18.8. The van der Waals surface area contributed by atoms with Gasteiger partial charge in [0.2, 0.25) is 0 Å². The van der Waals surface area contributed by atoms with Crippen LogP contribution in [0.25, 0.3) is 0 Å². The Morgan fingerprint density at radius 3 is 2.88 bits per heavy atom. The first-order valence-electron chi connectivity index (χ1n) is 9.08. The standard InChI is InChI=1S/C19H28N2O3/c1-3-23-12-6-16-7-13-24-19(16)8-10-21(11-9-19)18(22)17-5-4-15(2)14-20-17/h4-5,14,16H,3,6-13H2,1-2H3/t16-/m1/s1. The maximum atomic E-state index is 12.6. The lowest BCUT2D eigenvalue weighted by molar-refractivity contribution is -0.0669. The highest BCUT2D eigenvalue weighted by atomic mass is 16.5. The maximum absolute atomic E-state index is 12.6. The zero-order valence-corrected chi connectivity index (χ0v) is 14.8. The largest absolute Gasteiger partial charge is 0.382 e. The van der Waals surface area contributed by atoms with Crippen LogP contribution < -0.4 is 0 Å². The number of carbonyl (C=O) groups excluding carboxylic acids is 1. The third-order valence-electron chi connectivity index (χ3n) is 5.44. The van der Waals surface area contributed by atoms with Crippen LogP contribution in [0.3, 0.4) is 0 Å². The van der Waals surface area contributed by atoms with Crippen molar-refractivity contribution in [3.63, 3.8) is 0 Å². The highest BCUT2D eigenvalue weighted by molar-refractivity contribution is 5.92. The van der Waals surface area contributed by atoms with E-state index in [-0.39, 0.29) is 11.5 Å². The van der Waals surface area contributed by atoms with Gasteiger partial charge >= 0.3 is 0 Å². The summed E-state index contributed by atoms with van der Waals surface area (Å²) < 4.78 is 11.7. The van der Waals surface area contributed by atoms with E-state index in [9.17, 15) is 4.79 Å². The molecule has 0 bridgehead atoms. The molecule has 0 unspecified atom stereocenters. The summed E-state index contributed by atoms with van der Waals surface area (Å²) in [5, 5.41) is 0. The van der Waals surface area contributed by atoms with Crippen molar-refractivity contribution in [3.8, 4) is 0 Å². The maximum Gasteiger partial charge on any atom is 0.272 e. The molecule has 132 valence electrons. The number of carbonyl (C=O) groups is 1. The molecule has 3 heterocycles. The van der Waals surface area contributed by atoms with E-state index >= 15 is 0 Å². The normalized spacial score (nSPS) is 22.9. The Labute approximate surface area is 144 Å². The Balaban J connectivity index is 1.58. The molecule has 2 saturated heterocycles. The van der Waals surface area contributed by atoms with Crippen LogP contribution in [0.2, 0.25) is 0 Å². The molecule has 2 aliphatic heterocycles. The number of hydrogen-bond donors (Lipinski definition) is 0. The van der Waals surface area contributed by atoms with Crippen LogP contribution in [0.5, 0.6) is 0 Å². The van der Waals surface area contributed by atoms with E-state index in [1.165, 1.54) is 0 Å². The first-order valence-corrected chi connectivity index (χ1v) is 9.08. The molecule has 0 N–H and O–H groups in total. The van der Waals surface area contributed by atoms with Gasteiger partial charge < -0.3 is 14.4 Å². The SMILES string of the molecule is CCOCC[C@@H]1CCOC12CCN(C(=O)c1ccc(C)cn1)CC2. The highest BCUT2D eigenvalue weighted by Gasteiger charge is 2.46. The van der Waals surface area contributed by atoms with Crippen LogP contribution in [0.1, 0.15) is 48.7 Å². The number of pyridine rings is 1. The van der Waals surface area contributed by atoms with Gasteiger partial charge in [0.25, 0.3) is 5.91 Å². The molecule has 0 aliphatic carbocycles. The quantitative estimate of drug-likeness (QED) is 0.778. The van der Waals surface area contributed by atoms with Gasteiger partial charge in [-0.3, -0.25) is 9.78 Å². The first kappa shape index (κ1) is 17.4. The summed E-state index contributed by atoms with van der Waals surface area (Å²) in [5.74, 6) is 0.590. The Morgan fingerprint density at radius 1 is 1.42 bits per heavy atom. The third-order valence-corrected chi connectivity index (χ3v) is 5.44. The van der Waals surface area contributed by atoms with Crippen LogP contribution in [-0.4, -0.2) is 54.3 Å². The van der Waals surface area contributed by atoms with Gasteiger partial charge in [-0.15, -0.1) is 0 Å². The molecule has 1 atom stereocenters. The molecule has 5 heteroatoms. The molecule has 0 radical (unpaired) electrons. The number of piperidine rings is 1. The monoisotopic (exact) mass is 332 g/mol. The van der Waals surface area contributed by atoms with Crippen molar-refractivity contribution >= 4 is 5.91 Å².